The van der Waals surface area contributed by atoms with E-state index in [9.17, 15) is 0 Å². The van der Waals surface area contributed by atoms with Gasteiger partial charge in [0.05, 0.1) is 0 Å². The maximum atomic E-state index is 5.88. The van der Waals surface area contributed by atoms with Crippen molar-refractivity contribution in [1.82, 2.24) is 15.2 Å². The molecule has 0 amide bonds. The van der Waals surface area contributed by atoms with E-state index in [-0.39, 0.29) is 24.0 Å². The number of aromatic nitrogens is 1. The highest BCUT2D eigenvalue weighted by Gasteiger charge is 2.11. The number of guanidine groups is 1. The van der Waals surface area contributed by atoms with E-state index in [1.165, 1.54) is 0 Å². The second-order valence-electron chi connectivity index (χ2n) is 6.04. The molecule has 5 nitrogen and oxygen atoms in total. The minimum Gasteiger partial charge on any atom is -0.370 e. The number of halogens is 1. The molecular weight excluding hydrogens is 401 g/mol. The van der Waals surface area contributed by atoms with E-state index in [1.54, 1.807) is 0 Å². The summed E-state index contributed by atoms with van der Waals surface area (Å²) in [5.74, 6) is 0.525. The second-order valence-corrected chi connectivity index (χ2v) is 6.04. The highest BCUT2D eigenvalue weighted by atomic mass is 127. The van der Waals surface area contributed by atoms with Crippen LogP contribution in [0.25, 0.3) is 0 Å². The van der Waals surface area contributed by atoms with Crippen LogP contribution in [0, 0.1) is 0 Å². The van der Waals surface area contributed by atoms with Crippen LogP contribution in [0.1, 0.15) is 39.8 Å². The molecule has 23 heavy (non-hydrogen) atoms. The Bertz CT molecular complexity index is 426. The third-order valence-corrected chi connectivity index (χ3v) is 3.60. The summed E-state index contributed by atoms with van der Waals surface area (Å²) in [6.07, 6.45) is 3.69. The lowest BCUT2D eigenvalue weighted by atomic mass is 10.2. The van der Waals surface area contributed by atoms with E-state index in [0.29, 0.717) is 18.0 Å². The molecule has 0 saturated carbocycles. The van der Waals surface area contributed by atoms with Crippen molar-refractivity contribution in [2.24, 2.45) is 10.7 Å². The van der Waals surface area contributed by atoms with Crippen molar-refractivity contribution in [3.05, 3.63) is 30.1 Å². The summed E-state index contributed by atoms with van der Waals surface area (Å²) in [5.41, 5.74) is 6.94. The van der Waals surface area contributed by atoms with E-state index in [1.807, 2.05) is 24.4 Å². The molecule has 1 heterocycles. The van der Waals surface area contributed by atoms with Gasteiger partial charge in [-0.05, 0) is 46.2 Å². The number of hydrogen-bond acceptors (Lipinski definition) is 3. The summed E-state index contributed by atoms with van der Waals surface area (Å²) >= 11 is 0. The zero-order valence-corrected chi connectivity index (χ0v) is 17.2. The van der Waals surface area contributed by atoms with Gasteiger partial charge in [0.2, 0.25) is 0 Å². The Morgan fingerprint density at radius 1 is 1.26 bits per heavy atom. The van der Waals surface area contributed by atoms with Gasteiger partial charge in [-0.15, -0.1) is 24.0 Å². The summed E-state index contributed by atoms with van der Waals surface area (Å²) in [4.78, 5) is 11.1. The van der Waals surface area contributed by atoms with Gasteiger partial charge in [0.25, 0.3) is 0 Å². The van der Waals surface area contributed by atoms with Crippen molar-refractivity contribution in [2.75, 3.05) is 19.6 Å². The van der Waals surface area contributed by atoms with Crippen molar-refractivity contribution in [2.45, 2.75) is 52.6 Å². The first-order valence-corrected chi connectivity index (χ1v) is 8.20. The Labute approximate surface area is 158 Å². The standard InChI is InChI=1S/C17H31N5.HI/c1-14(2)22(15(3)4)13-7-11-20-17(18)21-12-9-16-8-5-6-10-19-16;/h5-6,8,10,14-15H,7,9,11-13H2,1-4H3,(H3,18,20,21);1H. The molecular formula is C17H32IN5. The molecule has 0 aliphatic carbocycles. The SMILES string of the molecule is CC(C)N(CCCN=C(N)NCCc1ccccn1)C(C)C.I. The van der Waals surface area contributed by atoms with Gasteiger partial charge in [0.15, 0.2) is 5.96 Å². The average molecular weight is 433 g/mol. The first kappa shape index (κ1) is 22.1. The fourth-order valence-electron chi connectivity index (χ4n) is 2.49. The summed E-state index contributed by atoms with van der Waals surface area (Å²) in [6.45, 7) is 11.5. The van der Waals surface area contributed by atoms with Crippen LogP contribution in [-0.4, -0.2) is 47.6 Å². The highest BCUT2D eigenvalue weighted by molar-refractivity contribution is 14.0. The fourth-order valence-corrected chi connectivity index (χ4v) is 2.49. The first-order valence-electron chi connectivity index (χ1n) is 8.20. The molecule has 3 N–H and O–H groups in total. The molecule has 0 spiro atoms. The molecule has 0 radical (unpaired) electrons. The highest BCUT2D eigenvalue weighted by Crippen LogP contribution is 2.05. The summed E-state index contributed by atoms with van der Waals surface area (Å²) in [5, 5.41) is 3.14. The van der Waals surface area contributed by atoms with Crippen LogP contribution >= 0.6 is 24.0 Å². The topological polar surface area (TPSA) is 66.5 Å². The van der Waals surface area contributed by atoms with Crippen LogP contribution in [0.15, 0.2) is 29.4 Å². The van der Waals surface area contributed by atoms with Gasteiger partial charge in [-0.2, -0.15) is 0 Å². The van der Waals surface area contributed by atoms with Crippen molar-refractivity contribution < 1.29 is 0 Å². The van der Waals surface area contributed by atoms with E-state index in [4.69, 9.17) is 5.73 Å². The lowest BCUT2D eigenvalue weighted by molar-refractivity contribution is 0.174. The van der Waals surface area contributed by atoms with Gasteiger partial charge in [0, 0.05) is 50.0 Å². The van der Waals surface area contributed by atoms with Gasteiger partial charge < -0.3 is 11.1 Å². The van der Waals surface area contributed by atoms with E-state index in [2.05, 4.69) is 47.9 Å². The molecule has 1 aromatic heterocycles. The molecule has 0 aliphatic rings. The van der Waals surface area contributed by atoms with Crippen molar-refractivity contribution >= 4 is 29.9 Å². The lowest BCUT2D eigenvalue weighted by Gasteiger charge is -2.30. The maximum Gasteiger partial charge on any atom is 0.188 e. The maximum absolute atomic E-state index is 5.88. The lowest BCUT2D eigenvalue weighted by Crippen LogP contribution is -2.38. The molecule has 6 heteroatoms. The van der Waals surface area contributed by atoms with Crippen LogP contribution in [-0.2, 0) is 6.42 Å². The summed E-state index contributed by atoms with van der Waals surface area (Å²) in [7, 11) is 0. The quantitative estimate of drug-likeness (QED) is 0.272. The van der Waals surface area contributed by atoms with Gasteiger partial charge in [-0.1, -0.05) is 6.07 Å². The van der Waals surface area contributed by atoms with Crippen molar-refractivity contribution in [3.63, 3.8) is 0 Å². The first-order chi connectivity index (χ1) is 10.5. The van der Waals surface area contributed by atoms with Crippen molar-refractivity contribution in [3.8, 4) is 0 Å². The van der Waals surface area contributed by atoms with E-state index >= 15 is 0 Å². The smallest absolute Gasteiger partial charge is 0.188 e. The van der Waals surface area contributed by atoms with Crippen LogP contribution in [0.4, 0.5) is 0 Å². The predicted molar refractivity (Wildman–Crippen MR) is 109 cm³/mol. The van der Waals surface area contributed by atoms with Gasteiger partial charge in [-0.25, -0.2) is 0 Å². The Morgan fingerprint density at radius 3 is 2.52 bits per heavy atom. The number of pyridine rings is 1. The number of nitrogens with one attached hydrogen (secondary N) is 1. The van der Waals surface area contributed by atoms with Gasteiger partial charge in [0.1, 0.15) is 0 Å². The Balaban J connectivity index is 0.00000484. The molecule has 132 valence electrons. The normalized spacial score (nSPS) is 11.9. The molecule has 1 aromatic rings. The van der Waals surface area contributed by atoms with Crippen molar-refractivity contribution in [1.29, 1.82) is 0 Å². The number of nitrogens with two attached hydrogens (primary N) is 1. The van der Waals surface area contributed by atoms with E-state index in [0.717, 1.165) is 38.2 Å². The molecule has 0 saturated heterocycles. The Morgan fingerprint density at radius 2 is 1.96 bits per heavy atom. The van der Waals surface area contributed by atoms with Crippen LogP contribution in [0.3, 0.4) is 0 Å². The Kier molecular flexibility index (Phi) is 12.0. The number of hydrogen-bond donors (Lipinski definition) is 2. The molecule has 1 rings (SSSR count). The zero-order chi connectivity index (χ0) is 16.4. The number of aliphatic imine (C=N–C) groups is 1. The number of rotatable bonds is 9. The van der Waals surface area contributed by atoms with Crippen LogP contribution in [0.2, 0.25) is 0 Å². The predicted octanol–water partition coefficient (Wildman–Crippen LogP) is 2.66. The second kappa shape index (κ2) is 12.5. The molecule has 0 fully saturated rings. The molecule has 0 bridgehead atoms. The third kappa shape index (κ3) is 9.76. The van der Waals surface area contributed by atoms with Crippen LogP contribution in [0.5, 0.6) is 0 Å². The van der Waals surface area contributed by atoms with Crippen LogP contribution < -0.4 is 11.1 Å². The van der Waals surface area contributed by atoms with Gasteiger partial charge >= 0.3 is 0 Å². The summed E-state index contributed by atoms with van der Waals surface area (Å²) < 4.78 is 0. The Hall–Kier alpha value is -0.890. The third-order valence-electron chi connectivity index (χ3n) is 3.60. The molecule has 0 aromatic carbocycles. The largest absolute Gasteiger partial charge is 0.370 e. The fraction of sp³-hybridized carbons (Fsp3) is 0.647. The summed E-state index contributed by atoms with van der Waals surface area (Å²) in [6, 6.07) is 7.07. The monoisotopic (exact) mass is 433 g/mol. The number of nitrogens with zero attached hydrogens (tertiary/aromatic N) is 3. The zero-order valence-electron chi connectivity index (χ0n) is 14.8. The van der Waals surface area contributed by atoms with E-state index < -0.39 is 0 Å². The molecule has 0 unspecified atom stereocenters. The minimum absolute atomic E-state index is 0. The average Bonchev–Trinajstić information content (AvgIpc) is 2.47. The van der Waals surface area contributed by atoms with Gasteiger partial charge in [-0.3, -0.25) is 14.9 Å². The minimum atomic E-state index is 0. The molecule has 0 aliphatic heterocycles. The molecule has 0 atom stereocenters.